The Morgan fingerprint density at radius 1 is 1.19 bits per heavy atom. The number of aryl methyl sites for hydroxylation is 2. The molecule has 16 heavy (non-hydrogen) atoms. The second-order valence-electron chi connectivity index (χ2n) is 3.84. The summed E-state index contributed by atoms with van der Waals surface area (Å²) >= 11 is 11.8. The van der Waals surface area contributed by atoms with Crippen LogP contribution in [0.4, 0.5) is 0 Å². The first kappa shape index (κ1) is 12.2. The topological polar surface area (TPSA) is 0 Å². The molecule has 0 spiro atoms. The molecule has 84 valence electrons. The van der Waals surface area contributed by atoms with Gasteiger partial charge in [-0.15, -0.1) is 11.3 Å². The average molecular weight is 316 g/mol. The van der Waals surface area contributed by atoms with Crippen LogP contribution in [-0.4, -0.2) is 0 Å². The fourth-order valence-electron chi connectivity index (χ4n) is 1.58. The smallest absolute Gasteiger partial charge is 0.0752 e. The van der Waals surface area contributed by atoms with Gasteiger partial charge in [0.05, 0.1) is 4.83 Å². The van der Waals surface area contributed by atoms with Crippen LogP contribution < -0.4 is 0 Å². The molecule has 2 rings (SSSR count). The van der Waals surface area contributed by atoms with Crippen molar-refractivity contribution in [2.45, 2.75) is 18.7 Å². The predicted molar refractivity (Wildman–Crippen MR) is 76.0 cm³/mol. The zero-order valence-electron chi connectivity index (χ0n) is 9.13. The lowest BCUT2D eigenvalue weighted by Crippen LogP contribution is -1.91. The maximum Gasteiger partial charge on any atom is 0.0752 e. The standard InChI is InChI=1S/C13H12BrClS/c1-8-3-5-10(11(15)7-8)13(14)12-6-4-9(2)16-12/h3-7,13H,1-2H3. The van der Waals surface area contributed by atoms with E-state index in [1.807, 2.05) is 13.0 Å². The molecular weight excluding hydrogens is 304 g/mol. The van der Waals surface area contributed by atoms with Crippen molar-refractivity contribution in [3.8, 4) is 0 Å². The van der Waals surface area contributed by atoms with Crippen molar-refractivity contribution in [1.82, 2.24) is 0 Å². The molecular formula is C13H12BrClS. The van der Waals surface area contributed by atoms with E-state index >= 15 is 0 Å². The third-order valence-electron chi connectivity index (χ3n) is 2.44. The van der Waals surface area contributed by atoms with Gasteiger partial charge in [-0.05, 0) is 43.2 Å². The van der Waals surface area contributed by atoms with Gasteiger partial charge in [0, 0.05) is 14.8 Å². The van der Waals surface area contributed by atoms with Gasteiger partial charge in [0.25, 0.3) is 0 Å². The number of rotatable bonds is 2. The van der Waals surface area contributed by atoms with Crippen LogP contribution in [-0.2, 0) is 0 Å². The molecule has 1 aromatic heterocycles. The molecule has 1 atom stereocenters. The summed E-state index contributed by atoms with van der Waals surface area (Å²) in [5.41, 5.74) is 2.32. The highest BCUT2D eigenvalue weighted by molar-refractivity contribution is 9.09. The molecule has 1 aromatic carbocycles. The third-order valence-corrected chi connectivity index (χ3v) is 5.12. The predicted octanol–water partition coefficient (Wildman–Crippen LogP) is 5.50. The Kier molecular flexibility index (Phi) is 3.73. The van der Waals surface area contributed by atoms with Crippen LogP contribution in [0.3, 0.4) is 0 Å². The molecule has 0 saturated heterocycles. The summed E-state index contributed by atoms with van der Waals surface area (Å²) in [6.07, 6.45) is 0. The van der Waals surface area contributed by atoms with Gasteiger partial charge >= 0.3 is 0 Å². The zero-order chi connectivity index (χ0) is 11.7. The van der Waals surface area contributed by atoms with E-state index in [1.165, 1.54) is 15.3 Å². The van der Waals surface area contributed by atoms with Crippen molar-refractivity contribution in [2.75, 3.05) is 0 Å². The molecule has 0 saturated carbocycles. The number of hydrogen-bond acceptors (Lipinski definition) is 1. The molecule has 1 heterocycles. The number of thiophene rings is 1. The first-order chi connectivity index (χ1) is 7.58. The van der Waals surface area contributed by atoms with Gasteiger partial charge in [0.15, 0.2) is 0 Å². The Morgan fingerprint density at radius 3 is 2.50 bits per heavy atom. The van der Waals surface area contributed by atoms with E-state index in [2.05, 4.69) is 47.1 Å². The van der Waals surface area contributed by atoms with Crippen molar-refractivity contribution in [3.05, 3.63) is 56.2 Å². The molecule has 0 N–H and O–H groups in total. The monoisotopic (exact) mass is 314 g/mol. The van der Waals surface area contributed by atoms with Crippen LogP contribution in [0.1, 0.15) is 25.7 Å². The molecule has 0 fully saturated rings. The Labute approximate surface area is 113 Å². The molecule has 0 bridgehead atoms. The highest BCUT2D eigenvalue weighted by Gasteiger charge is 2.15. The largest absolute Gasteiger partial charge is 0.144 e. The lowest BCUT2D eigenvalue weighted by molar-refractivity contribution is 1.22. The van der Waals surface area contributed by atoms with Crippen molar-refractivity contribution in [2.24, 2.45) is 0 Å². The van der Waals surface area contributed by atoms with E-state index in [4.69, 9.17) is 11.6 Å². The Bertz CT molecular complexity index is 504. The van der Waals surface area contributed by atoms with Crippen LogP contribution >= 0.6 is 38.9 Å². The number of halogens is 2. The third kappa shape index (κ3) is 2.50. The van der Waals surface area contributed by atoms with Crippen molar-refractivity contribution >= 4 is 38.9 Å². The van der Waals surface area contributed by atoms with E-state index in [0.717, 1.165) is 10.6 Å². The molecule has 2 aromatic rings. The quantitative estimate of drug-likeness (QED) is 0.642. The molecule has 0 radical (unpaired) electrons. The fourth-order valence-corrected chi connectivity index (χ4v) is 3.76. The van der Waals surface area contributed by atoms with Crippen molar-refractivity contribution in [3.63, 3.8) is 0 Å². The summed E-state index contributed by atoms with van der Waals surface area (Å²) in [7, 11) is 0. The number of alkyl halides is 1. The molecule has 0 aliphatic rings. The Hall–Kier alpha value is -0.310. The van der Waals surface area contributed by atoms with E-state index in [-0.39, 0.29) is 4.83 Å². The molecule has 3 heteroatoms. The van der Waals surface area contributed by atoms with E-state index in [9.17, 15) is 0 Å². The minimum absolute atomic E-state index is 0.194. The fraction of sp³-hybridized carbons (Fsp3) is 0.231. The van der Waals surface area contributed by atoms with Crippen LogP contribution in [0.25, 0.3) is 0 Å². The van der Waals surface area contributed by atoms with Crippen molar-refractivity contribution in [1.29, 1.82) is 0 Å². The number of hydrogen-bond donors (Lipinski definition) is 0. The molecule has 1 unspecified atom stereocenters. The maximum atomic E-state index is 6.26. The van der Waals surface area contributed by atoms with Gasteiger partial charge in [-0.3, -0.25) is 0 Å². The normalized spacial score (nSPS) is 12.8. The summed E-state index contributed by atoms with van der Waals surface area (Å²) in [5.74, 6) is 0. The lowest BCUT2D eigenvalue weighted by atomic mass is 10.1. The van der Waals surface area contributed by atoms with Crippen LogP contribution in [0.15, 0.2) is 30.3 Å². The highest BCUT2D eigenvalue weighted by atomic mass is 79.9. The first-order valence-corrected chi connectivity index (χ1v) is 7.15. The van der Waals surface area contributed by atoms with E-state index < -0.39 is 0 Å². The van der Waals surface area contributed by atoms with Gasteiger partial charge in [0.1, 0.15) is 0 Å². The SMILES string of the molecule is Cc1ccc(C(Br)c2ccc(C)s2)c(Cl)c1. The Balaban J connectivity index is 2.37. The Morgan fingerprint density at radius 2 is 1.94 bits per heavy atom. The van der Waals surface area contributed by atoms with Crippen LogP contribution in [0.5, 0.6) is 0 Å². The summed E-state index contributed by atoms with van der Waals surface area (Å²) < 4.78 is 0. The van der Waals surface area contributed by atoms with Crippen molar-refractivity contribution < 1.29 is 0 Å². The first-order valence-electron chi connectivity index (χ1n) is 5.04. The lowest BCUT2D eigenvalue weighted by Gasteiger charge is -2.10. The second kappa shape index (κ2) is 4.91. The highest BCUT2D eigenvalue weighted by Crippen LogP contribution is 2.38. The summed E-state index contributed by atoms with van der Waals surface area (Å²) in [6, 6.07) is 10.5. The van der Waals surface area contributed by atoms with Gasteiger partial charge in [-0.2, -0.15) is 0 Å². The van der Waals surface area contributed by atoms with Gasteiger partial charge < -0.3 is 0 Å². The summed E-state index contributed by atoms with van der Waals surface area (Å²) in [6.45, 7) is 4.17. The van der Waals surface area contributed by atoms with E-state index in [1.54, 1.807) is 11.3 Å². The molecule has 0 amide bonds. The summed E-state index contributed by atoms with van der Waals surface area (Å²) in [4.78, 5) is 2.81. The molecule has 0 aliphatic heterocycles. The zero-order valence-corrected chi connectivity index (χ0v) is 12.3. The maximum absolute atomic E-state index is 6.26. The summed E-state index contributed by atoms with van der Waals surface area (Å²) in [5, 5.41) is 0.827. The average Bonchev–Trinajstić information content (AvgIpc) is 2.64. The number of benzene rings is 1. The van der Waals surface area contributed by atoms with E-state index in [0.29, 0.717) is 0 Å². The van der Waals surface area contributed by atoms with Crippen LogP contribution in [0, 0.1) is 13.8 Å². The second-order valence-corrected chi connectivity index (χ2v) is 6.48. The minimum atomic E-state index is 0.194. The molecule has 0 nitrogen and oxygen atoms in total. The minimum Gasteiger partial charge on any atom is -0.144 e. The van der Waals surface area contributed by atoms with Gasteiger partial charge in [0.2, 0.25) is 0 Å². The van der Waals surface area contributed by atoms with Gasteiger partial charge in [-0.25, -0.2) is 0 Å². The molecule has 0 aliphatic carbocycles. The van der Waals surface area contributed by atoms with Crippen LogP contribution in [0.2, 0.25) is 5.02 Å². The van der Waals surface area contributed by atoms with Gasteiger partial charge in [-0.1, -0.05) is 39.7 Å².